The Balaban J connectivity index is 1.64. The van der Waals surface area contributed by atoms with Crippen molar-refractivity contribution < 1.29 is 8.42 Å². The fourth-order valence-electron chi connectivity index (χ4n) is 3.85. The highest BCUT2D eigenvalue weighted by Gasteiger charge is 2.30. The number of hydrogen-bond donors (Lipinski definition) is 0. The quantitative estimate of drug-likeness (QED) is 0.842. The fraction of sp³-hybridized carbons (Fsp3) is 0.400. The molecule has 2 aliphatic heterocycles. The van der Waals surface area contributed by atoms with Gasteiger partial charge in [-0.3, -0.25) is 4.31 Å². The summed E-state index contributed by atoms with van der Waals surface area (Å²) in [4.78, 5) is 2.35. The Labute approximate surface area is 150 Å². The van der Waals surface area contributed by atoms with E-state index in [9.17, 15) is 8.42 Å². The van der Waals surface area contributed by atoms with E-state index in [1.165, 1.54) is 12.8 Å². The molecule has 2 heterocycles. The average molecular weight is 356 g/mol. The first-order valence-electron chi connectivity index (χ1n) is 8.97. The summed E-state index contributed by atoms with van der Waals surface area (Å²) < 4.78 is 27.7. The molecule has 0 N–H and O–H groups in total. The van der Waals surface area contributed by atoms with Gasteiger partial charge >= 0.3 is 0 Å². The van der Waals surface area contributed by atoms with Crippen LogP contribution < -0.4 is 9.21 Å². The molecule has 0 bridgehead atoms. The van der Waals surface area contributed by atoms with Crippen LogP contribution in [0.1, 0.15) is 29.5 Å². The highest BCUT2D eigenvalue weighted by Crippen LogP contribution is 2.35. The summed E-state index contributed by atoms with van der Waals surface area (Å²) in [6, 6.07) is 14.0. The van der Waals surface area contributed by atoms with Crippen molar-refractivity contribution in [2.24, 2.45) is 0 Å². The van der Waals surface area contributed by atoms with Gasteiger partial charge in [-0.2, -0.15) is 0 Å². The van der Waals surface area contributed by atoms with Gasteiger partial charge in [0.1, 0.15) is 0 Å². The van der Waals surface area contributed by atoms with E-state index in [2.05, 4.69) is 23.1 Å². The van der Waals surface area contributed by atoms with E-state index in [1.54, 1.807) is 4.31 Å². The molecule has 4 nitrogen and oxygen atoms in total. The Hall–Kier alpha value is -2.01. The molecule has 2 aromatic carbocycles. The second kappa shape index (κ2) is 6.37. The Morgan fingerprint density at radius 1 is 1.00 bits per heavy atom. The summed E-state index contributed by atoms with van der Waals surface area (Å²) in [5.41, 5.74) is 5.06. The van der Waals surface area contributed by atoms with Crippen LogP contribution in [0.15, 0.2) is 42.5 Å². The monoisotopic (exact) mass is 356 g/mol. The summed E-state index contributed by atoms with van der Waals surface area (Å²) in [6.45, 7) is 4.64. The van der Waals surface area contributed by atoms with Crippen molar-refractivity contribution >= 4 is 21.4 Å². The van der Waals surface area contributed by atoms with Gasteiger partial charge in [0.2, 0.25) is 10.0 Å². The number of aryl methyl sites for hydroxylation is 1. The predicted molar refractivity (Wildman–Crippen MR) is 103 cm³/mol. The van der Waals surface area contributed by atoms with E-state index in [-0.39, 0.29) is 5.75 Å². The van der Waals surface area contributed by atoms with Crippen molar-refractivity contribution in [2.45, 2.75) is 31.9 Å². The third-order valence-electron chi connectivity index (χ3n) is 5.33. The van der Waals surface area contributed by atoms with Gasteiger partial charge in [0.15, 0.2) is 0 Å². The number of nitrogens with zero attached hydrogens (tertiary/aromatic N) is 2. The van der Waals surface area contributed by atoms with E-state index in [0.29, 0.717) is 6.54 Å². The van der Waals surface area contributed by atoms with Crippen molar-refractivity contribution in [1.29, 1.82) is 0 Å². The highest BCUT2D eigenvalue weighted by molar-refractivity contribution is 7.92. The topological polar surface area (TPSA) is 40.6 Å². The summed E-state index contributed by atoms with van der Waals surface area (Å²) in [6.07, 6.45) is 3.22. The lowest BCUT2D eigenvalue weighted by Crippen LogP contribution is -2.30. The summed E-state index contributed by atoms with van der Waals surface area (Å²) in [7, 11) is -3.37. The van der Waals surface area contributed by atoms with Gasteiger partial charge in [-0.05, 0) is 55.0 Å². The highest BCUT2D eigenvalue weighted by atomic mass is 32.2. The van der Waals surface area contributed by atoms with E-state index < -0.39 is 10.0 Å². The second-order valence-corrected chi connectivity index (χ2v) is 8.91. The second-order valence-electron chi connectivity index (χ2n) is 7.01. The van der Waals surface area contributed by atoms with Crippen molar-refractivity contribution in [3.05, 3.63) is 59.2 Å². The predicted octanol–water partition coefficient (Wildman–Crippen LogP) is 3.49. The van der Waals surface area contributed by atoms with Crippen LogP contribution in [-0.2, 0) is 22.2 Å². The maximum atomic E-state index is 13.1. The van der Waals surface area contributed by atoms with Crippen molar-refractivity contribution in [3.8, 4) is 0 Å². The van der Waals surface area contributed by atoms with E-state index >= 15 is 0 Å². The Morgan fingerprint density at radius 3 is 2.52 bits per heavy atom. The van der Waals surface area contributed by atoms with Gasteiger partial charge in [0.05, 0.1) is 11.4 Å². The lowest BCUT2D eigenvalue weighted by Gasteiger charge is -2.23. The number of benzene rings is 2. The molecule has 0 radical (unpaired) electrons. The first-order valence-corrected chi connectivity index (χ1v) is 10.6. The van der Waals surface area contributed by atoms with E-state index in [0.717, 1.165) is 47.6 Å². The SMILES string of the molecule is Cc1ccccc1CS(=O)(=O)N1CCc2ccc(N3CCCC3)cc21. The molecule has 132 valence electrons. The minimum Gasteiger partial charge on any atom is -0.371 e. The molecule has 2 aromatic rings. The lowest BCUT2D eigenvalue weighted by atomic mass is 10.1. The number of anilines is 2. The largest absolute Gasteiger partial charge is 0.371 e. The zero-order valence-electron chi connectivity index (χ0n) is 14.6. The summed E-state index contributed by atoms with van der Waals surface area (Å²) in [5, 5.41) is 0. The number of sulfonamides is 1. The van der Waals surface area contributed by atoms with Crippen LogP contribution >= 0.6 is 0 Å². The Morgan fingerprint density at radius 2 is 1.76 bits per heavy atom. The average Bonchev–Trinajstić information content (AvgIpc) is 3.25. The first kappa shape index (κ1) is 16.5. The zero-order valence-corrected chi connectivity index (χ0v) is 15.4. The van der Waals surface area contributed by atoms with Gasteiger partial charge < -0.3 is 4.90 Å². The fourth-order valence-corrected chi connectivity index (χ4v) is 5.56. The van der Waals surface area contributed by atoms with E-state index in [4.69, 9.17) is 0 Å². The molecule has 2 aliphatic rings. The molecule has 4 rings (SSSR count). The van der Waals surface area contributed by atoms with Gasteiger partial charge in [0.25, 0.3) is 0 Å². The molecule has 0 amide bonds. The van der Waals surface area contributed by atoms with Gasteiger partial charge in [-0.25, -0.2) is 8.42 Å². The molecule has 0 atom stereocenters. The number of rotatable bonds is 4. The normalized spacial score (nSPS) is 17.2. The molecule has 0 saturated carbocycles. The molecule has 0 aromatic heterocycles. The van der Waals surface area contributed by atoms with Gasteiger partial charge in [-0.15, -0.1) is 0 Å². The third kappa shape index (κ3) is 3.13. The third-order valence-corrected chi connectivity index (χ3v) is 7.05. The Bertz CT molecular complexity index is 886. The molecule has 5 heteroatoms. The van der Waals surface area contributed by atoms with E-state index in [1.807, 2.05) is 31.2 Å². The van der Waals surface area contributed by atoms with Crippen molar-refractivity contribution in [2.75, 3.05) is 28.8 Å². The molecule has 0 spiro atoms. The number of hydrogen-bond acceptors (Lipinski definition) is 3. The number of fused-ring (bicyclic) bond motifs is 1. The molecular weight excluding hydrogens is 332 g/mol. The molecule has 1 saturated heterocycles. The zero-order chi connectivity index (χ0) is 17.4. The van der Waals surface area contributed by atoms with Crippen molar-refractivity contribution in [1.82, 2.24) is 0 Å². The summed E-state index contributed by atoms with van der Waals surface area (Å²) in [5.74, 6) is 0.0626. The molecule has 0 unspecified atom stereocenters. The van der Waals surface area contributed by atoms with Crippen LogP contribution in [0.3, 0.4) is 0 Å². The van der Waals surface area contributed by atoms with Gasteiger partial charge in [-0.1, -0.05) is 30.3 Å². The molecule has 25 heavy (non-hydrogen) atoms. The molecular formula is C20H24N2O2S. The van der Waals surface area contributed by atoms with Crippen molar-refractivity contribution in [3.63, 3.8) is 0 Å². The van der Waals surface area contributed by atoms with Crippen LogP contribution in [0.25, 0.3) is 0 Å². The molecule has 0 aliphatic carbocycles. The smallest absolute Gasteiger partial charge is 0.239 e. The van der Waals surface area contributed by atoms with Crippen LogP contribution in [-0.4, -0.2) is 28.1 Å². The standard InChI is InChI=1S/C20H24N2O2S/c1-16-6-2-3-7-18(16)15-25(23,24)22-13-10-17-8-9-19(14-20(17)22)21-11-4-5-12-21/h2-3,6-9,14H,4-5,10-13,15H2,1H3. The maximum absolute atomic E-state index is 13.1. The molecule has 1 fully saturated rings. The van der Waals surface area contributed by atoms with Gasteiger partial charge in [0, 0.05) is 25.3 Å². The summed E-state index contributed by atoms with van der Waals surface area (Å²) >= 11 is 0. The minimum atomic E-state index is -3.37. The van der Waals surface area contributed by atoms with Crippen LogP contribution in [0.5, 0.6) is 0 Å². The Kier molecular flexibility index (Phi) is 4.20. The lowest BCUT2D eigenvalue weighted by molar-refractivity contribution is 0.591. The first-order chi connectivity index (χ1) is 12.0. The van der Waals surface area contributed by atoms with Crippen LogP contribution in [0.4, 0.5) is 11.4 Å². The maximum Gasteiger partial charge on any atom is 0.239 e. The minimum absolute atomic E-state index is 0.0626. The van der Waals surface area contributed by atoms with Crippen LogP contribution in [0, 0.1) is 6.92 Å². The van der Waals surface area contributed by atoms with Crippen LogP contribution in [0.2, 0.25) is 0 Å².